The maximum absolute atomic E-state index is 11.1. The monoisotopic (exact) mass is 432 g/mol. The number of nitrogens with two attached hydrogens (primary N) is 1. The molecule has 120 valence electrons. The first-order valence-electron chi connectivity index (χ1n) is 7.20. The van der Waals surface area contributed by atoms with Crippen LogP contribution in [0.1, 0.15) is 25.8 Å². The molecule has 0 aromatic heterocycles. The van der Waals surface area contributed by atoms with Crippen molar-refractivity contribution in [1.29, 1.82) is 0 Å². The molecule has 2 rings (SSSR count). The zero-order chi connectivity index (χ0) is 15.9. The van der Waals surface area contributed by atoms with Crippen molar-refractivity contribution in [1.82, 2.24) is 5.32 Å². The van der Waals surface area contributed by atoms with Crippen LogP contribution < -0.4 is 15.8 Å². The number of hydrogen-bond donors (Lipinski definition) is 2. The summed E-state index contributed by atoms with van der Waals surface area (Å²) in [6.45, 7) is 6.37. The summed E-state index contributed by atoms with van der Waals surface area (Å²) in [6, 6.07) is 8.08. The molecule has 0 spiro atoms. The number of thioether (sulfide) groups is 1. The number of carbonyl (C=O) groups is 1. The van der Waals surface area contributed by atoms with Crippen LogP contribution in [0.2, 0.25) is 0 Å². The maximum atomic E-state index is 11.1. The smallest absolute Gasteiger partial charge is 0.256 e. The largest absolute Gasteiger partial charge is 0.445 e. The van der Waals surface area contributed by atoms with Crippen LogP contribution >= 0.6 is 32.5 Å². The summed E-state index contributed by atoms with van der Waals surface area (Å²) in [6.07, 6.45) is 1.19. The molecule has 1 aliphatic heterocycles. The SMILES string of the molecule is CC(C)CCNCc1ccc(OC2=IC=C(C(N)=O)S2)cc1. The molecular formula is C16H21IN2O2S. The molecule has 1 heterocycles. The molecular weight excluding hydrogens is 411 g/mol. The standard InChI is InChI=1S/C16H21IN2O2S/c1-11(2)7-8-19-10-12-3-5-13(6-4-12)21-16-17-9-14(22-16)15(18)20/h3-6,9,11,19H,7-8,10H2,1-2H3,(H2,18,20). The number of ether oxygens (including phenoxy) is 1. The minimum atomic E-state index is -0.369. The van der Waals surface area contributed by atoms with Gasteiger partial charge in [-0.2, -0.15) is 0 Å². The lowest BCUT2D eigenvalue weighted by atomic mass is 10.1. The van der Waals surface area contributed by atoms with Crippen molar-refractivity contribution in [3.63, 3.8) is 0 Å². The van der Waals surface area contributed by atoms with E-state index in [0.717, 1.165) is 27.8 Å². The Morgan fingerprint density at radius 2 is 2.09 bits per heavy atom. The zero-order valence-corrected chi connectivity index (χ0v) is 15.7. The zero-order valence-electron chi connectivity index (χ0n) is 12.8. The van der Waals surface area contributed by atoms with Crippen molar-refractivity contribution in [2.24, 2.45) is 11.7 Å². The number of halogens is 1. The lowest BCUT2D eigenvalue weighted by molar-refractivity contribution is -0.113. The second kappa shape index (κ2) is 8.69. The fourth-order valence-corrected chi connectivity index (χ4v) is 5.56. The third-order valence-electron chi connectivity index (χ3n) is 3.02. The fourth-order valence-electron chi connectivity index (χ4n) is 1.76. The molecule has 0 bridgehead atoms. The topological polar surface area (TPSA) is 64.3 Å². The van der Waals surface area contributed by atoms with Crippen LogP contribution in [-0.2, 0) is 11.3 Å². The van der Waals surface area contributed by atoms with E-state index < -0.39 is 0 Å². The third-order valence-corrected chi connectivity index (χ3v) is 7.15. The van der Waals surface area contributed by atoms with E-state index in [1.165, 1.54) is 23.7 Å². The molecule has 1 amide bonds. The Morgan fingerprint density at radius 1 is 1.36 bits per heavy atom. The molecule has 22 heavy (non-hydrogen) atoms. The molecule has 0 aliphatic carbocycles. The first-order chi connectivity index (χ1) is 10.5. The highest BCUT2D eigenvalue weighted by molar-refractivity contribution is 14.2. The van der Waals surface area contributed by atoms with Gasteiger partial charge in [0, 0.05) is 6.54 Å². The molecule has 4 nitrogen and oxygen atoms in total. The summed E-state index contributed by atoms with van der Waals surface area (Å²) in [5.74, 6) is 1.17. The van der Waals surface area contributed by atoms with Gasteiger partial charge in [0.15, 0.2) is 3.03 Å². The molecule has 3 N–H and O–H groups in total. The Morgan fingerprint density at radius 3 is 2.68 bits per heavy atom. The first kappa shape index (κ1) is 17.5. The van der Waals surface area contributed by atoms with Crippen LogP contribution in [0.3, 0.4) is 0 Å². The number of hydrogen-bond acceptors (Lipinski definition) is 4. The summed E-state index contributed by atoms with van der Waals surface area (Å²) in [5.41, 5.74) is 6.50. The van der Waals surface area contributed by atoms with E-state index in [-0.39, 0.29) is 26.6 Å². The van der Waals surface area contributed by atoms with Gasteiger partial charge in [-0.25, -0.2) is 0 Å². The predicted octanol–water partition coefficient (Wildman–Crippen LogP) is 3.33. The van der Waals surface area contributed by atoms with Gasteiger partial charge < -0.3 is 15.8 Å². The van der Waals surface area contributed by atoms with E-state index in [9.17, 15) is 4.79 Å². The number of rotatable bonds is 8. The lowest BCUT2D eigenvalue weighted by Crippen LogP contribution is -2.16. The minimum absolute atomic E-state index is 0.368. The molecule has 0 unspecified atom stereocenters. The van der Waals surface area contributed by atoms with Crippen molar-refractivity contribution in [3.8, 4) is 5.75 Å². The molecule has 0 saturated heterocycles. The van der Waals surface area contributed by atoms with E-state index in [1.54, 1.807) is 0 Å². The van der Waals surface area contributed by atoms with E-state index in [2.05, 4.69) is 31.3 Å². The van der Waals surface area contributed by atoms with Gasteiger partial charge in [0.1, 0.15) is 5.75 Å². The van der Waals surface area contributed by atoms with E-state index in [0.29, 0.717) is 4.91 Å². The van der Waals surface area contributed by atoms with Gasteiger partial charge in [0.2, 0.25) is 0 Å². The molecule has 0 radical (unpaired) electrons. The summed E-state index contributed by atoms with van der Waals surface area (Å²) >= 11 is 0.987. The van der Waals surface area contributed by atoms with Crippen molar-refractivity contribution >= 4 is 41.4 Å². The van der Waals surface area contributed by atoms with E-state index >= 15 is 0 Å². The van der Waals surface area contributed by atoms with Crippen molar-refractivity contribution in [3.05, 3.63) is 38.8 Å². The molecule has 0 fully saturated rings. The van der Waals surface area contributed by atoms with Crippen LogP contribution in [0.4, 0.5) is 0 Å². The number of benzene rings is 1. The molecule has 1 aromatic carbocycles. The summed E-state index contributed by atoms with van der Waals surface area (Å²) in [7, 11) is 0. The Bertz CT molecular complexity index is 582. The quantitative estimate of drug-likeness (QED) is 0.489. The summed E-state index contributed by atoms with van der Waals surface area (Å²) < 4.78 is 8.63. The number of nitrogens with one attached hydrogen (secondary N) is 1. The predicted molar refractivity (Wildman–Crippen MR) is 102 cm³/mol. The molecule has 1 aromatic rings. The first-order valence-corrected chi connectivity index (χ1v) is 10.3. The van der Waals surface area contributed by atoms with E-state index in [1.807, 2.05) is 16.2 Å². The molecule has 1 aliphatic rings. The highest BCUT2D eigenvalue weighted by atomic mass is 127. The highest BCUT2D eigenvalue weighted by Crippen LogP contribution is 2.33. The highest BCUT2D eigenvalue weighted by Gasteiger charge is 2.16. The van der Waals surface area contributed by atoms with Crippen LogP contribution in [0.5, 0.6) is 5.75 Å². The average Bonchev–Trinajstić information content (AvgIpc) is 2.94. The normalized spacial score (nSPS) is 14.3. The van der Waals surface area contributed by atoms with E-state index in [4.69, 9.17) is 10.5 Å². The van der Waals surface area contributed by atoms with Gasteiger partial charge in [-0.1, -0.05) is 26.0 Å². The molecule has 0 atom stereocenters. The van der Waals surface area contributed by atoms with Gasteiger partial charge in [0.05, 0.1) is 4.91 Å². The van der Waals surface area contributed by atoms with Gasteiger partial charge in [-0.05, 0) is 73.2 Å². The third kappa shape index (κ3) is 5.73. The van der Waals surface area contributed by atoms with Gasteiger partial charge in [0.25, 0.3) is 5.91 Å². The second-order valence-electron chi connectivity index (χ2n) is 5.39. The Hall–Kier alpha value is -0.860. The maximum Gasteiger partial charge on any atom is 0.256 e. The minimum Gasteiger partial charge on any atom is -0.445 e. The van der Waals surface area contributed by atoms with Crippen LogP contribution in [-0.4, -0.2) is 15.5 Å². The summed E-state index contributed by atoms with van der Waals surface area (Å²) in [4.78, 5) is 11.7. The van der Waals surface area contributed by atoms with Gasteiger partial charge in [-0.15, -0.1) is 0 Å². The molecule has 0 saturated carbocycles. The van der Waals surface area contributed by atoms with Crippen LogP contribution in [0.25, 0.3) is 0 Å². The van der Waals surface area contributed by atoms with Crippen molar-refractivity contribution < 1.29 is 9.53 Å². The second-order valence-corrected chi connectivity index (χ2v) is 9.36. The average molecular weight is 432 g/mol. The summed E-state index contributed by atoms with van der Waals surface area (Å²) in [5, 5.41) is 3.44. The molecule has 6 heteroatoms. The Labute approximate surface area is 145 Å². The number of amides is 1. The van der Waals surface area contributed by atoms with Gasteiger partial charge in [-0.3, -0.25) is 4.79 Å². The fraction of sp³-hybridized carbons (Fsp3) is 0.375. The Kier molecular flexibility index (Phi) is 6.91. The Balaban J connectivity index is 1.77. The van der Waals surface area contributed by atoms with Crippen LogP contribution in [0.15, 0.2) is 33.3 Å². The van der Waals surface area contributed by atoms with Crippen molar-refractivity contribution in [2.45, 2.75) is 26.8 Å². The lowest BCUT2D eigenvalue weighted by Gasteiger charge is -2.09. The number of primary amides is 1. The van der Waals surface area contributed by atoms with Gasteiger partial charge >= 0.3 is 0 Å². The van der Waals surface area contributed by atoms with Crippen molar-refractivity contribution in [2.75, 3.05) is 6.54 Å². The number of carbonyl (C=O) groups excluding carboxylic acids is 1. The van der Waals surface area contributed by atoms with Crippen LogP contribution in [0, 0.1) is 5.92 Å².